The Bertz CT molecular complexity index is 522. The average molecular weight is 319 g/mol. The lowest BCUT2D eigenvalue weighted by atomic mass is 9.89. The van der Waals surface area contributed by atoms with Crippen molar-refractivity contribution in [3.8, 4) is 0 Å². The fourth-order valence-corrected chi connectivity index (χ4v) is 3.90. The first kappa shape index (κ1) is 16.5. The zero-order chi connectivity index (χ0) is 16.2. The Balaban J connectivity index is 1.44. The van der Waals surface area contributed by atoms with Crippen LogP contribution in [0.25, 0.3) is 0 Å². The van der Waals surface area contributed by atoms with Gasteiger partial charge in [-0.2, -0.15) is 0 Å². The number of nitrogens with one attached hydrogen (secondary N) is 1. The summed E-state index contributed by atoms with van der Waals surface area (Å²) >= 11 is 0. The van der Waals surface area contributed by atoms with Crippen LogP contribution >= 0.6 is 0 Å². The number of nitrogens with two attached hydrogens (primary N) is 1. The van der Waals surface area contributed by atoms with Gasteiger partial charge in [0.1, 0.15) is 11.5 Å². The molecule has 3 rings (SSSR count). The first-order chi connectivity index (χ1) is 11.1. The topological polar surface area (TPSA) is 71.5 Å². The van der Waals surface area contributed by atoms with Crippen LogP contribution < -0.4 is 11.1 Å². The molecule has 1 amide bonds. The Morgan fingerprint density at radius 3 is 2.78 bits per heavy atom. The molecule has 0 unspecified atom stereocenters. The lowest BCUT2D eigenvalue weighted by Gasteiger charge is -2.22. The molecular weight excluding hydrogens is 290 g/mol. The lowest BCUT2D eigenvalue weighted by Crippen LogP contribution is -2.39. The molecule has 3 N–H and O–H groups in total. The molecule has 5 heteroatoms. The predicted octanol–water partition coefficient (Wildman–Crippen LogP) is 2.01. The van der Waals surface area contributed by atoms with Gasteiger partial charge in [0.05, 0.1) is 6.54 Å². The molecule has 2 fully saturated rings. The second kappa shape index (κ2) is 7.49. The third-order valence-electron chi connectivity index (χ3n) is 5.25. The van der Waals surface area contributed by atoms with E-state index in [0.29, 0.717) is 12.5 Å². The fourth-order valence-electron chi connectivity index (χ4n) is 3.90. The van der Waals surface area contributed by atoms with E-state index < -0.39 is 0 Å². The van der Waals surface area contributed by atoms with E-state index in [0.717, 1.165) is 31.2 Å². The molecule has 0 aromatic carbocycles. The predicted molar refractivity (Wildman–Crippen MR) is 90.2 cm³/mol. The van der Waals surface area contributed by atoms with Crippen molar-refractivity contribution >= 4 is 5.91 Å². The second-order valence-electron chi connectivity index (χ2n) is 7.22. The van der Waals surface area contributed by atoms with Gasteiger partial charge in [-0.1, -0.05) is 19.3 Å². The number of hydrogen-bond donors (Lipinski definition) is 2. The van der Waals surface area contributed by atoms with Gasteiger partial charge >= 0.3 is 0 Å². The minimum Gasteiger partial charge on any atom is -0.466 e. The van der Waals surface area contributed by atoms with Crippen molar-refractivity contribution < 1.29 is 9.21 Å². The Morgan fingerprint density at radius 1 is 1.30 bits per heavy atom. The van der Waals surface area contributed by atoms with Crippen LogP contribution in [0.3, 0.4) is 0 Å². The van der Waals surface area contributed by atoms with Crippen LogP contribution in [0, 0.1) is 12.8 Å². The molecule has 5 nitrogen and oxygen atoms in total. The van der Waals surface area contributed by atoms with Crippen LogP contribution in [-0.2, 0) is 4.79 Å². The van der Waals surface area contributed by atoms with E-state index in [4.69, 9.17) is 10.2 Å². The Labute approximate surface area is 138 Å². The number of nitrogens with zero attached hydrogens (tertiary/aromatic N) is 1. The summed E-state index contributed by atoms with van der Waals surface area (Å²) in [6.07, 6.45) is 6.49. The molecule has 1 aromatic rings. The summed E-state index contributed by atoms with van der Waals surface area (Å²) in [6, 6.07) is 4.01. The molecule has 1 saturated carbocycles. The summed E-state index contributed by atoms with van der Waals surface area (Å²) in [5.41, 5.74) is 6.24. The number of carbonyl (C=O) groups is 1. The molecule has 1 saturated heterocycles. The van der Waals surface area contributed by atoms with Crippen LogP contribution in [0.1, 0.15) is 49.5 Å². The van der Waals surface area contributed by atoms with E-state index in [1.165, 1.54) is 32.1 Å². The highest BCUT2D eigenvalue weighted by molar-refractivity contribution is 5.78. The smallest absolute Gasteiger partial charge is 0.234 e. The van der Waals surface area contributed by atoms with Crippen molar-refractivity contribution in [1.29, 1.82) is 0 Å². The van der Waals surface area contributed by atoms with Crippen molar-refractivity contribution in [1.82, 2.24) is 10.2 Å². The molecule has 2 heterocycles. The van der Waals surface area contributed by atoms with E-state index >= 15 is 0 Å². The molecule has 23 heavy (non-hydrogen) atoms. The number of rotatable bonds is 5. The molecule has 0 spiro atoms. The van der Waals surface area contributed by atoms with Crippen molar-refractivity contribution in [3.05, 3.63) is 23.7 Å². The summed E-state index contributed by atoms with van der Waals surface area (Å²) in [7, 11) is 0. The quantitative estimate of drug-likeness (QED) is 0.871. The van der Waals surface area contributed by atoms with Gasteiger partial charge in [0.25, 0.3) is 0 Å². The van der Waals surface area contributed by atoms with Gasteiger partial charge in [0.15, 0.2) is 0 Å². The van der Waals surface area contributed by atoms with Gasteiger partial charge in [-0.15, -0.1) is 0 Å². The zero-order valence-electron chi connectivity index (χ0n) is 14.1. The monoisotopic (exact) mass is 319 g/mol. The normalized spacial score (nSPS) is 26.5. The van der Waals surface area contributed by atoms with Crippen molar-refractivity contribution in [2.75, 3.05) is 26.2 Å². The van der Waals surface area contributed by atoms with Crippen LogP contribution in [0.15, 0.2) is 16.5 Å². The maximum Gasteiger partial charge on any atom is 0.234 e. The lowest BCUT2D eigenvalue weighted by molar-refractivity contribution is -0.122. The molecular formula is C18H29N3O2. The molecule has 128 valence electrons. The van der Waals surface area contributed by atoms with Crippen molar-refractivity contribution in [3.63, 3.8) is 0 Å². The highest BCUT2D eigenvalue weighted by Gasteiger charge is 2.34. The number of carbonyl (C=O) groups excluding carboxylic acids is 1. The molecule has 1 aliphatic carbocycles. The summed E-state index contributed by atoms with van der Waals surface area (Å²) in [4.78, 5) is 14.3. The van der Waals surface area contributed by atoms with Crippen LogP contribution in [0.4, 0.5) is 0 Å². The number of amides is 1. The van der Waals surface area contributed by atoms with Crippen LogP contribution in [0.5, 0.6) is 0 Å². The third kappa shape index (κ3) is 4.36. The van der Waals surface area contributed by atoms with Crippen LogP contribution in [-0.4, -0.2) is 43.0 Å². The number of aryl methyl sites for hydroxylation is 1. The maximum atomic E-state index is 12.2. The van der Waals surface area contributed by atoms with Gasteiger partial charge < -0.3 is 15.5 Å². The minimum atomic E-state index is 0.0340. The van der Waals surface area contributed by atoms with Crippen molar-refractivity contribution in [2.24, 2.45) is 11.7 Å². The first-order valence-corrected chi connectivity index (χ1v) is 8.93. The second-order valence-corrected chi connectivity index (χ2v) is 7.22. The van der Waals surface area contributed by atoms with Crippen molar-refractivity contribution in [2.45, 2.75) is 51.0 Å². The molecule has 1 aliphatic heterocycles. The first-order valence-electron chi connectivity index (χ1n) is 8.93. The molecule has 0 bridgehead atoms. The fraction of sp³-hybridized carbons (Fsp3) is 0.722. The SMILES string of the molecule is Cc1ccc([C@@H]2CN(CC(=O)NCC3CCCCC3)C[C@H]2N)o1. The molecule has 2 atom stereocenters. The van der Waals surface area contributed by atoms with E-state index in [-0.39, 0.29) is 17.9 Å². The van der Waals surface area contributed by atoms with Crippen LogP contribution in [0.2, 0.25) is 0 Å². The highest BCUT2D eigenvalue weighted by Crippen LogP contribution is 2.27. The zero-order valence-corrected chi connectivity index (χ0v) is 14.1. The van der Waals surface area contributed by atoms with E-state index in [2.05, 4.69) is 10.2 Å². The summed E-state index contributed by atoms with van der Waals surface area (Å²) in [6.45, 7) is 4.77. The van der Waals surface area contributed by atoms with Gasteiger partial charge in [-0.3, -0.25) is 9.69 Å². The standard InChI is InChI=1S/C18H29N3O2/c1-13-7-8-17(23-13)15-10-21(11-16(15)19)12-18(22)20-9-14-5-3-2-4-6-14/h7-8,14-16H,2-6,9-12,19H2,1H3,(H,20,22)/t15-,16-/m1/s1. The largest absolute Gasteiger partial charge is 0.466 e. The van der Waals surface area contributed by atoms with E-state index in [1.807, 2.05) is 19.1 Å². The Kier molecular flexibility index (Phi) is 5.38. The molecule has 2 aliphatic rings. The number of likely N-dealkylation sites (tertiary alicyclic amines) is 1. The maximum absolute atomic E-state index is 12.2. The average Bonchev–Trinajstić information content (AvgIpc) is 3.12. The van der Waals surface area contributed by atoms with Gasteiger partial charge in [0, 0.05) is 31.6 Å². The number of hydrogen-bond acceptors (Lipinski definition) is 4. The summed E-state index contributed by atoms with van der Waals surface area (Å²) < 4.78 is 5.71. The summed E-state index contributed by atoms with van der Waals surface area (Å²) in [5.74, 6) is 2.84. The highest BCUT2D eigenvalue weighted by atomic mass is 16.3. The van der Waals surface area contributed by atoms with E-state index in [9.17, 15) is 4.79 Å². The van der Waals surface area contributed by atoms with E-state index in [1.54, 1.807) is 0 Å². The van der Waals surface area contributed by atoms with Gasteiger partial charge in [-0.25, -0.2) is 0 Å². The minimum absolute atomic E-state index is 0.0340. The third-order valence-corrected chi connectivity index (χ3v) is 5.25. The molecule has 0 radical (unpaired) electrons. The van der Waals surface area contributed by atoms with Gasteiger partial charge in [0.2, 0.25) is 5.91 Å². The summed E-state index contributed by atoms with van der Waals surface area (Å²) in [5, 5.41) is 3.11. The number of furan rings is 1. The van der Waals surface area contributed by atoms with Gasteiger partial charge in [-0.05, 0) is 37.8 Å². The Hall–Kier alpha value is -1.33. The Morgan fingerprint density at radius 2 is 2.09 bits per heavy atom. The molecule has 1 aromatic heterocycles.